The van der Waals surface area contributed by atoms with E-state index in [1.54, 1.807) is 7.11 Å². The minimum atomic E-state index is -0.392. The smallest absolute Gasteiger partial charge is 0.237 e. The number of rotatable bonds is 6. The van der Waals surface area contributed by atoms with E-state index in [1.807, 2.05) is 12.1 Å². The van der Waals surface area contributed by atoms with Crippen LogP contribution in [-0.4, -0.2) is 61.3 Å². The SMILES string of the molecule is COc1ccc(CN2CCC(CNC(=O)C3CC(O)CN3)CC2)cc1.Cl.Cl. The lowest BCUT2D eigenvalue weighted by molar-refractivity contribution is -0.123. The van der Waals surface area contributed by atoms with Crippen LogP contribution in [0.25, 0.3) is 0 Å². The Morgan fingerprint density at radius 1 is 1.26 bits per heavy atom. The summed E-state index contributed by atoms with van der Waals surface area (Å²) in [5, 5.41) is 15.6. The number of β-amino-alcohol motifs (C(OH)–C–C–N with tert-alkyl or cyclic N) is 1. The van der Waals surface area contributed by atoms with Crippen LogP contribution in [0, 0.1) is 5.92 Å². The summed E-state index contributed by atoms with van der Waals surface area (Å²) in [6.45, 7) is 4.35. The third-order valence-electron chi connectivity index (χ3n) is 5.26. The normalized spacial score (nSPS) is 23.2. The standard InChI is InChI=1S/C19H29N3O3.2ClH/c1-25-17-4-2-15(3-5-17)13-22-8-6-14(7-9-22)11-21-19(24)18-10-16(23)12-20-18;;/h2-5,14,16,18,20,23H,6-13H2,1H3,(H,21,24);2*1H. The average molecular weight is 420 g/mol. The summed E-state index contributed by atoms with van der Waals surface area (Å²) in [7, 11) is 1.68. The largest absolute Gasteiger partial charge is 0.497 e. The number of carbonyl (C=O) groups is 1. The van der Waals surface area contributed by atoms with E-state index in [-0.39, 0.29) is 36.8 Å². The number of likely N-dealkylation sites (tertiary alicyclic amines) is 1. The van der Waals surface area contributed by atoms with E-state index in [0.29, 0.717) is 18.9 Å². The second-order valence-electron chi connectivity index (χ2n) is 7.16. The molecule has 0 aliphatic carbocycles. The summed E-state index contributed by atoms with van der Waals surface area (Å²) in [4.78, 5) is 14.6. The molecule has 3 rings (SSSR count). The quantitative estimate of drug-likeness (QED) is 0.652. The van der Waals surface area contributed by atoms with Gasteiger partial charge in [0.05, 0.1) is 19.3 Å². The molecule has 1 amide bonds. The van der Waals surface area contributed by atoms with Crippen molar-refractivity contribution in [2.45, 2.75) is 38.0 Å². The summed E-state index contributed by atoms with van der Waals surface area (Å²) >= 11 is 0. The number of nitrogens with one attached hydrogen (secondary N) is 2. The van der Waals surface area contributed by atoms with E-state index in [2.05, 4.69) is 27.7 Å². The Hall–Kier alpha value is -1.05. The number of hydrogen-bond donors (Lipinski definition) is 3. The van der Waals surface area contributed by atoms with Crippen LogP contribution in [0.5, 0.6) is 5.75 Å². The predicted molar refractivity (Wildman–Crippen MR) is 111 cm³/mol. The molecule has 0 spiro atoms. The van der Waals surface area contributed by atoms with E-state index in [9.17, 15) is 9.90 Å². The summed E-state index contributed by atoms with van der Waals surface area (Å²) in [6.07, 6.45) is 2.34. The van der Waals surface area contributed by atoms with Gasteiger partial charge in [0, 0.05) is 19.6 Å². The number of ether oxygens (including phenoxy) is 1. The van der Waals surface area contributed by atoms with Gasteiger partial charge in [0.1, 0.15) is 5.75 Å². The fourth-order valence-electron chi connectivity index (χ4n) is 3.62. The van der Waals surface area contributed by atoms with Crippen molar-refractivity contribution in [1.29, 1.82) is 0 Å². The predicted octanol–water partition coefficient (Wildman–Crippen LogP) is 1.59. The fraction of sp³-hybridized carbons (Fsp3) is 0.632. The Morgan fingerprint density at radius 2 is 1.93 bits per heavy atom. The number of piperidine rings is 1. The van der Waals surface area contributed by atoms with Crippen molar-refractivity contribution in [1.82, 2.24) is 15.5 Å². The number of benzene rings is 1. The van der Waals surface area contributed by atoms with Gasteiger partial charge in [-0.2, -0.15) is 0 Å². The van der Waals surface area contributed by atoms with Gasteiger partial charge in [-0.25, -0.2) is 0 Å². The highest BCUT2D eigenvalue weighted by molar-refractivity contribution is 5.85. The van der Waals surface area contributed by atoms with Crippen molar-refractivity contribution >= 4 is 30.7 Å². The number of aliphatic hydroxyl groups excluding tert-OH is 1. The van der Waals surface area contributed by atoms with Crippen molar-refractivity contribution < 1.29 is 14.6 Å². The maximum Gasteiger partial charge on any atom is 0.237 e. The van der Waals surface area contributed by atoms with E-state index in [4.69, 9.17) is 4.74 Å². The molecule has 2 unspecified atom stereocenters. The van der Waals surface area contributed by atoms with E-state index in [0.717, 1.165) is 44.8 Å². The van der Waals surface area contributed by atoms with Crippen molar-refractivity contribution in [3.8, 4) is 5.75 Å². The molecule has 2 heterocycles. The molecule has 0 aromatic heterocycles. The number of methoxy groups -OCH3 is 1. The summed E-state index contributed by atoms with van der Waals surface area (Å²) < 4.78 is 5.20. The van der Waals surface area contributed by atoms with Crippen molar-refractivity contribution in [2.75, 3.05) is 33.3 Å². The molecule has 2 aliphatic heterocycles. The van der Waals surface area contributed by atoms with Gasteiger partial charge in [-0.15, -0.1) is 24.8 Å². The van der Waals surface area contributed by atoms with E-state index >= 15 is 0 Å². The van der Waals surface area contributed by atoms with Crippen LogP contribution in [-0.2, 0) is 11.3 Å². The Kier molecular flexibility index (Phi) is 10.4. The Morgan fingerprint density at radius 3 is 2.48 bits per heavy atom. The van der Waals surface area contributed by atoms with Crippen LogP contribution in [0.2, 0.25) is 0 Å². The van der Waals surface area contributed by atoms with E-state index < -0.39 is 6.10 Å². The van der Waals surface area contributed by atoms with Crippen LogP contribution in [0.15, 0.2) is 24.3 Å². The molecule has 2 aliphatic rings. The molecule has 2 fully saturated rings. The highest BCUT2D eigenvalue weighted by Gasteiger charge is 2.28. The first kappa shape index (κ1) is 24.0. The molecule has 0 radical (unpaired) electrons. The third-order valence-corrected chi connectivity index (χ3v) is 5.26. The van der Waals surface area contributed by atoms with Crippen LogP contribution < -0.4 is 15.4 Å². The van der Waals surface area contributed by atoms with Gasteiger partial charge in [-0.05, 0) is 56.0 Å². The van der Waals surface area contributed by atoms with Gasteiger partial charge in [0.2, 0.25) is 5.91 Å². The Labute approximate surface area is 173 Å². The van der Waals surface area contributed by atoms with Gasteiger partial charge >= 0.3 is 0 Å². The van der Waals surface area contributed by atoms with Crippen molar-refractivity contribution in [3.05, 3.63) is 29.8 Å². The first-order chi connectivity index (χ1) is 12.1. The monoisotopic (exact) mass is 419 g/mol. The molecule has 1 aromatic rings. The maximum absolute atomic E-state index is 12.1. The molecule has 1 aromatic carbocycles. The summed E-state index contributed by atoms with van der Waals surface area (Å²) in [6, 6.07) is 8.02. The van der Waals surface area contributed by atoms with Gasteiger partial charge < -0.3 is 20.5 Å². The number of halogens is 2. The van der Waals surface area contributed by atoms with Crippen molar-refractivity contribution in [2.24, 2.45) is 5.92 Å². The lowest BCUT2D eigenvalue weighted by Crippen LogP contribution is -2.44. The highest BCUT2D eigenvalue weighted by atomic mass is 35.5. The minimum Gasteiger partial charge on any atom is -0.497 e. The summed E-state index contributed by atoms with van der Waals surface area (Å²) in [5.41, 5.74) is 1.30. The lowest BCUT2D eigenvalue weighted by Gasteiger charge is -2.32. The molecular formula is C19H31Cl2N3O3. The van der Waals surface area contributed by atoms with Crippen LogP contribution in [0.1, 0.15) is 24.8 Å². The number of hydrogen-bond acceptors (Lipinski definition) is 5. The first-order valence-electron chi connectivity index (χ1n) is 9.18. The van der Waals surface area contributed by atoms with Crippen LogP contribution >= 0.6 is 24.8 Å². The Balaban J connectivity index is 0.00000182. The molecule has 2 atom stereocenters. The zero-order valence-corrected chi connectivity index (χ0v) is 17.4. The molecule has 0 saturated carbocycles. The second-order valence-corrected chi connectivity index (χ2v) is 7.16. The number of aliphatic hydroxyl groups is 1. The second kappa shape index (κ2) is 11.7. The lowest BCUT2D eigenvalue weighted by atomic mass is 9.96. The van der Waals surface area contributed by atoms with Gasteiger partial charge in [-0.3, -0.25) is 9.69 Å². The van der Waals surface area contributed by atoms with E-state index in [1.165, 1.54) is 5.56 Å². The molecule has 3 N–H and O–H groups in total. The zero-order chi connectivity index (χ0) is 17.6. The third kappa shape index (κ3) is 7.12. The fourth-order valence-corrected chi connectivity index (χ4v) is 3.62. The van der Waals surface area contributed by atoms with Gasteiger partial charge in [-0.1, -0.05) is 12.1 Å². The number of amides is 1. The molecular weight excluding hydrogens is 389 g/mol. The summed E-state index contributed by atoms with van der Waals surface area (Å²) in [5.74, 6) is 1.46. The first-order valence-corrected chi connectivity index (χ1v) is 9.18. The van der Waals surface area contributed by atoms with Crippen molar-refractivity contribution in [3.63, 3.8) is 0 Å². The van der Waals surface area contributed by atoms with Crippen LogP contribution in [0.3, 0.4) is 0 Å². The minimum absolute atomic E-state index is 0. The average Bonchev–Trinajstić information content (AvgIpc) is 3.08. The van der Waals surface area contributed by atoms with Crippen LogP contribution in [0.4, 0.5) is 0 Å². The maximum atomic E-state index is 12.1. The number of nitrogens with zero attached hydrogens (tertiary/aromatic N) is 1. The topological polar surface area (TPSA) is 73.8 Å². The Bertz CT molecular complexity index is 566. The highest BCUT2D eigenvalue weighted by Crippen LogP contribution is 2.20. The molecule has 154 valence electrons. The van der Waals surface area contributed by atoms with Gasteiger partial charge in [0.15, 0.2) is 0 Å². The van der Waals surface area contributed by atoms with Gasteiger partial charge in [0.25, 0.3) is 0 Å². The zero-order valence-electron chi connectivity index (χ0n) is 15.7. The molecule has 2 saturated heterocycles. The molecule has 0 bridgehead atoms. The molecule has 8 heteroatoms. The number of carbonyl (C=O) groups excluding carboxylic acids is 1. The molecule has 6 nitrogen and oxygen atoms in total. The molecule has 27 heavy (non-hydrogen) atoms.